The summed E-state index contributed by atoms with van der Waals surface area (Å²) in [4.78, 5) is 19.2. The molecular formula is C10H13BrN2OS. The van der Waals surface area contributed by atoms with Crippen LogP contribution in [0.2, 0.25) is 0 Å². The first-order valence-electron chi connectivity index (χ1n) is 4.96. The van der Waals surface area contributed by atoms with E-state index in [1.54, 1.807) is 11.3 Å². The predicted molar refractivity (Wildman–Crippen MR) is 64.3 cm³/mol. The summed E-state index contributed by atoms with van der Waals surface area (Å²) in [7, 11) is 0. The number of hydrogen-bond acceptors (Lipinski definition) is 3. The monoisotopic (exact) mass is 288 g/mol. The second kappa shape index (κ2) is 4.22. The fraction of sp³-hybridized carbons (Fsp3) is 0.600. The molecule has 0 spiro atoms. The van der Waals surface area contributed by atoms with Gasteiger partial charge < -0.3 is 4.90 Å². The van der Waals surface area contributed by atoms with E-state index in [0.29, 0.717) is 0 Å². The lowest BCUT2D eigenvalue weighted by atomic mass is 10.3. The number of alkyl halides is 1. The zero-order chi connectivity index (χ0) is 11.0. The van der Waals surface area contributed by atoms with E-state index in [0.717, 1.165) is 18.0 Å². The van der Waals surface area contributed by atoms with Gasteiger partial charge in [0.1, 0.15) is 5.01 Å². The summed E-state index contributed by atoms with van der Waals surface area (Å²) in [6, 6.07) is 0.110. The third-order valence-corrected chi connectivity index (χ3v) is 4.57. The number of aryl methyl sites for hydroxylation is 1. The number of carbonyl (C=O) groups is 1. The van der Waals surface area contributed by atoms with Crippen LogP contribution in [0.3, 0.4) is 0 Å². The number of thiazole rings is 1. The molecule has 2 unspecified atom stereocenters. The maximum absolute atomic E-state index is 11.8. The molecule has 15 heavy (non-hydrogen) atoms. The van der Waals surface area contributed by atoms with Crippen molar-refractivity contribution in [2.45, 2.75) is 31.1 Å². The van der Waals surface area contributed by atoms with E-state index in [2.05, 4.69) is 20.9 Å². The second-order valence-corrected chi connectivity index (χ2v) is 6.14. The molecule has 0 saturated carbocycles. The average molecular weight is 289 g/mol. The van der Waals surface area contributed by atoms with Crippen molar-refractivity contribution in [3.05, 3.63) is 16.1 Å². The minimum Gasteiger partial charge on any atom is -0.332 e. The van der Waals surface area contributed by atoms with E-state index in [1.807, 2.05) is 24.9 Å². The highest BCUT2D eigenvalue weighted by Gasteiger charge is 2.33. The Morgan fingerprint density at radius 3 is 2.93 bits per heavy atom. The van der Waals surface area contributed by atoms with Crippen molar-refractivity contribution in [1.29, 1.82) is 0 Å². The lowest BCUT2D eigenvalue weighted by Crippen LogP contribution is -2.30. The fourth-order valence-electron chi connectivity index (χ4n) is 1.75. The number of likely N-dealkylation sites (tertiary alicyclic amines) is 1. The van der Waals surface area contributed by atoms with E-state index in [-0.39, 0.29) is 16.8 Å². The third-order valence-electron chi connectivity index (χ3n) is 2.64. The van der Waals surface area contributed by atoms with Crippen LogP contribution in [-0.2, 0) is 4.79 Å². The summed E-state index contributed by atoms with van der Waals surface area (Å²) in [6.45, 7) is 4.91. The molecule has 2 heterocycles. The van der Waals surface area contributed by atoms with Gasteiger partial charge in [0.05, 0.1) is 10.9 Å². The van der Waals surface area contributed by atoms with Crippen LogP contribution in [-0.4, -0.2) is 27.2 Å². The molecule has 1 aromatic heterocycles. The molecule has 1 aromatic rings. The summed E-state index contributed by atoms with van der Waals surface area (Å²) >= 11 is 5.05. The standard InChI is InChI=1S/C10H13BrN2OS/c1-6-5-12-9(15-6)7(2)13-4-3-8(11)10(13)14/h5,7-8H,3-4H2,1-2H3. The summed E-state index contributed by atoms with van der Waals surface area (Å²) in [6.07, 6.45) is 2.76. The van der Waals surface area contributed by atoms with Crippen molar-refractivity contribution in [3.8, 4) is 0 Å². The summed E-state index contributed by atoms with van der Waals surface area (Å²) in [5.74, 6) is 0.190. The highest BCUT2D eigenvalue weighted by atomic mass is 79.9. The lowest BCUT2D eigenvalue weighted by molar-refractivity contribution is -0.128. The second-order valence-electron chi connectivity index (χ2n) is 3.77. The number of aromatic nitrogens is 1. The Hall–Kier alpha value is -0.420. The minimum absolute atomic E-state index is 0.000934. The highest BCUT2D eigenvalue weighted by Crippen LogP contribution is 2.30. The van der Waals surface area contributed by atoms with Gasteiger partial charge in [-0.05, 0) is 20.3 Å². The molecule has 2 rings (SSSR count). The largest absolute Gasteiger partial charge is 0.332 e. The minimum atomic E-state index is 0.000934. The maximum atomic E-state index is 11.8. The number of amides is 1. The quantitative estimate of drug-likeness (QED) is 0.784. The molecule has 0 radical (unpaired) electrons. The summed E-state index contributed by atoms with van der Waals surface area (Å²) in [5, 5.41) is 1.03. The predicted octanol–water partition coefficient (Wildman–Crippen LogP) is 2.51. The Balaban J connectivity index is 2.15. The van der Waals surface area contributed by atoms with Crippen molar-refractivity contribution in [1.82, 2.24) is 9.88 Å². The Morgan fingerprint density at radius 2 is 2.47 bits per heavy atom. The Morgan fingerprint density at radius 1 is 1.73 bits per heavy atom. The van der Waals surface area contributed by atoms with E-state index in [1.165, 1.54) is 4.88 Å². The van der Waals surface area contributed by atoms with Crippen LogP contribution in [0.4, 0.5) is 0 Å². The van der Waals surface area contributed by atoms with Crippen molar-refractivity contribution in [2.75, 3.05) is 6.54 Å². The molecule has 1 aliphatic heterocycles. The van der Waals surface area contributed by atoms with E-state index < -0.39 is 0 Å². The normalized spacial score (nSPS) is 23.5. The molecule has 0 aromatic carbocycles. The first kappa shape index (κ1) is 11.1. The number of carbonyl (C=O) groups excluding carboxylic acids is 1. The SMILES string of the molecule is Cc1cnc(C(C)N2CCC(Br)C2=O)s1. The molecule has 3 nitrogen and oxygen atoms in total. The van der Waals surface area contributed by atoms with Gasteiger partial charge in [-0.15, -0.1) is 11.3 Å². The van der Waals surface area contributed by atoms with Crippen LogP contribution in [0.15, 0.2) is 6.20 Å². The number of rotatable bonds is 2. The number of hydrogen-bond donors (Lipinski definition) is 0. The van der Waals surface area contributed by atoms with Crippen LogP contribution in [0.1, 0.15) is 29.3 Å². The van der Waals surface area contributed by atoms with Crippen molar-refractivity contribution >= 4 is 33.2 Å². The molecule has 2 atom stereocenters. The van der Waals surface area contributed by atoms with Gasteiger partial charge in [-0.25, -0.2) is 4.98 Å². The molecule has 82 valence electrons. The van der Waals surface area contributed by atoms with Gasteiger partial charge in [-0.1, -0.05) is 15.9 Å². The molecule has 0 bridgehead atoms. The van der Waals surface area contributed by atoms with Crippen molar-refractivity contribution in [2.24, 2.45) is 0 Å². The first-order chi connectivity index (χ1) is 7.09. The van der Waals surface area contributed by atoms with E-state index in [9.17, 15) is 4.79 Å². The number of nitrogens with zero attached hydrogens (tertiary/aromatic N) is 2. The van der Waals surface area contributed by atoms with Gasteiger partial charge in [0.25, 0.3) is 0 Å². The molecular weight excluding hydrogens is 276 g/mol. The molecule has 5 heteroatoms. The van der Waals surface area contributed by atoms with Gasteiger partial charge in [0, 0.05) is 17.6 Å². The van der Waals surface area contributed by atoms with Crippen LogP contribution in [0.25, 0.3) is 0 Å². The molecule has 1 aliphatic rings. The lowest BCUT2D eigenvalue weighted by Gasteiger charge is -2.22. The maximum Gasteiger partial charge on any atom is 0.237 e. The van der Waals surface area contributed by atoms with Crippen LogP contribution in [0.5, 0.6) is 0 Å². The number of halogens is 1. The van der Waals surface area contributed by atoms with Crippen molar-refractivity contribution < 1.29 is 4.79 Å². The first-order valence-corrected chi connectivity index (χ1v) is 6.69. The van der Waals surface area contributed by atoms with Crippen molar-refractivity contribution in [3.63, 3.8) is 0 Å². The van der Waals surface area contributed by atoms with Gasteiger partial charge in [0.2, 0.25) is 5.91 Å². The summed E-state index contributed by atoms with van der Waals surface area (Å²) < 4.78 is 0. The zero-order valence-electron chi connectivity index (χ0n) is 8.74. The molecule has 1 fully saturated rings. The van der Waals surface area contributed by atoms with Gasteiger partial charge in [-0.2, -0.15) is 0 Å². The molecule has 0 aliphatic carbocycles. The molecule has 0 N–H and O–H groups in total. The Kier molecular flexibility index (Phi) is 3.11. The van der Waals surface area contributed by atoms with Crippen LogP contribution < -0.4 is 0 Å². The van der Waals surface area contributed by atoms with E-state index in [4.69, 9.17) is 0 Å². The van der Waals surface area contributed by atoms with Crippen LogP contribution >= 0.6 is 27.3 Å². The van der Waals surface area contributed by atoms with Gasteiger partial charge in [0.15, 0.2) is 0 Å². The topological polar surface area (TPSA) is 33.2 Å². The molecule has 1 saturated heterocycles. The Bertz CT molecular complexity index is 379. The van der Waals surface area contributed by atoms with Crippen LogP contribution in [0, 0.1) is 6.92 Å². The highest BCUT2D eigenvalue weighted by molar-refractivity contribution is 9.10. The third kappa shape index (κ3) is 2.08. The molecule has 1 amide bonds. The van der Waals surface area contributed by atoms with E-state index >= 15 is 0 Å². The zero-order valence-corrected chi connectivity index (χ0v) is 11.1. The summed E-state index contributed by atoms with van der Waals surface area (Å²) in [5.41, 5.74) is 0. The smallest absolute Gasteiger partial charge is 0.237 e. The average Bonchev–Trinajstić information content (AvgIpc) is 2.75. The fourth-order valence-corrected chi connectivity index (χ4v) is 3.06. The van der Waals surface area contributed by atoms with Gasteiger partial charge in [-0.3, -0.25) is 4.79 Å². The Labute approximate surface area is 102 Å². The van der Waals surface area contributed by atoms with Gasteiger partial charge >= 0.3 is 0 Å².